The van der Waals surface area contributed by atoms with Crippen LogP contribution in [-0.2, 0) is 22.6 Å². The van der Waals surface area contributed by atoms with Gasteiger partial charge < -0.3 is 20.3 Å². The van der Waals surface area contributed by atoms with E-state index >= 15 is 0 Å². The van der Waals surface area contributed by atoms with Gasteiger partial charge in [0.05, 0.1) is 13.2 Å². The number of morpholine rings is 1. The smallest absolute Gasteiger partial charge is 0.239 e. The van der Waals surface area contributed by atoms with E-state index in [4.69, 9.17) is 4.74 Å². The summed E-state index contributed by atoms with van der Waals surface area (Å²) in [6.45, 7) is 11.2. The highest BCUT2D eigenvalue weighted by molar-refractivity contribution is 5.86. The maximum atomic E-state index is 12.3. The van der Waals surface area contributed by atoms with Crippen LogP contribution in [0.4, 0.5) is 0 Å². The highest BCUT2D eigenvalue weighted by Crippen LogP contribution is 2.13. The van der Waals surface area contributed by atoms with E-state index in [9.17, 15) is 4.79 Å². The van der Waals surface area contributed by atoms with Crippen LogP contribution in [0.5, 0.6) is 0 Å². The van der Waals surface area contributed by atoms with E-state index in [0.29, 0.717) is 19.8 Å². The average molecular weight is 456 g/mol. The quantitative estimate of drug-likeness (QED) is 0.684. The van der Waals surface area contributed by atoms with Crippen LogP contribution in [0.25, 0.3) is 0 Å². The summed E-state index contributed by atoms with van der Waals surface area (Å²) in [4.78, 5) is 17.3. The van der Waals surface area contributed by atoms with Crippen LogP contribution in [-0.4, -0.2) is 74.2 Å². The van der Waals surface area contributed by atoms with E-state index in [0.717, 1.165) is 45.8 Å². The summed E-state index contributed by atoms with van der Waals surface area (Å²) in [5, 5.41) is 6.25. The van der Waals surface area contributed by atoms with Crippen molar-refractivity contribution in [1.82, 2.24) is 20.4 Å². The van der Waals surface area contributed by atoms with E-state index in [1.165, 1.54) is 11.1 Å². The average Bonchev–Trinajstić information content (AvgIpc) is 2.68. The van der Waals surface area contributed by atoms with Crippen molar-refractivity contribution in [3.63, 3.8) is 0 Å². The zero-order valence-corrected chi connectivity index (χ0v) is 18.8. The molecule has 2 aliphatic rings. The second-order valence-corrected chi connectivity index (χ2v) is 6.78. The Hall–Kier alpha value is -0.600. The number of amides is 1. The zero-order valence-electron chi connectivity index (χ0n) is 16.4. The van der Waals surface area contributed by atoms with Gasteiger partial charge in [-0.1, -0.05) is 31.2 Å². The van der Waals surface area contributed by atoms with Gasteiger partial charge in [-0.3, -0.25) is 9.69 Å². The summed E-state index contributed by atoms with van der Waals surface area (Å²) in [6.07, 6.45) is 0. The van der Waals surface area contributed by atoms with E-state index in [1.54, 1.807) is 0 Å². The van der Waals surface area contributed by atoms with Gasteiger partial charge in [0.1, 0.15) is 6.04 Å². The van der Waals surface area contributed by atoms with Gasteiger partial charge in [-0.15, -0.1) is 37.2 Å². The first-order chi connectivity index (χ1) is 12.3. The van der Waals surface area contributed by atoms with E-state index < -0.39 is 0 Å². The van der Waals surface area contributed by atoms with Crippen LogP contribution in [0.15, 0.2) is 24.3 Å². The van der Waals surface area contributed by atoms with Crippen molar-refractivity contribution in [3.8, 4) is 0 Å². The van der Waals surface area contributed by atoms with Crippen LogP contribution >= 0.6 is 37.2 Å². The number of halogens is 3. The molecule has 1 amide bonds. The second-order valence-electron chi connectivity index (χ2n) is 6.78. The fourth-order valence-electron chi connectivity index (χ4n) is 3.43. The van der Waals surface area contributed by atoms with Gasteiger partial charge in [0.15, 0.2) is 0 Å². The maximum Gasteiger partial charge on any atom is 0.239 e. The van der Waals surface area contributed by atoms with Gasteiger partial charge in [-0.2, -0.15) is 0 Å². The van der Waals surface area contributed by atoms with E-state index in [2.05, 4.69) is 45.6 Å². The molecular formula is C19H33Cl3N4O2. The summed E-state index contributed by atoms with van der Waals surface area (Å²) < 4.78 is 5.36. The Morgan fingerprint density at radius 1 is 1.11 bits per heavy atom. The lowest BCUT2D eigenvalue weighted by molar-refractivity contribution is -0.126. The highest BCUT2D eigenvalue weighted by atomic mass is 35.5. The molecule has 0 radical (unpaired) electrons. The molecule has 2 heterocycles. The zero-order chi connectivity index (χ0) is 17.5. The third-order valence-electron chi connectivity index (χ3n) is 5.12. The lowest BCUT2D eigenvalue weighted by Crippen LogP contribution is -2.51. The van der Waals surface area contributed by atoms with Gasteiger partial charge in [0.25, 0.3) is 0 Å². The molecule has 2 N–H and O–H groups in total. The van der Waals surface area contributed by atoms with E-state index in [1.807, 2.05) is 6.07 Å². The van der Waals surface area contributed by atoms with Crippen molar-refractivity contribution in [2.45, 2.75) is 26.1 Å². The number of piperazine rings is 1. The largest absolute Gasteiger partial charge is 0.378 e. The lowest BCUT2D eigenvalue weighted by atomic mass is 10.1. The molecule has 0 bridgehead atoms. The number of ether oxygens (including phenoxy) is 1. The normalized spacial score (nSPS) is 20.2. The number of carbonyl (C=O) groups is 1. The molecule has 3 rings (SSSR count). The summed E-state index contributed by atoms with van der Waals surface area (Å²) >= 11 is 0. The summed E-state index contributed by atoms with van der Waals surface area (Å²) in [7, 11) is 0. The number of rotatable bonds is 6. The molecule has 2 fully saturated rings. The molecule has 0 saturated carbocycles. The molecule has 1 atom stereocenters. The standard InChI is InChI=1S/C19H30N4O2.3ClH/c1-2-22-8-10-23(11-9-22)14-17-6-4-3-5-16(17)13-21-19(24)18-15-25-12-7-20-18;;;/h3-6,18,20H,2,7-15H2,1H3,(H,21,24);3*1H. The topological polar surface area (TPSA) is 56.8 Å². The van der Waals surface area contributed by atoms with Crippen LogP contribution in [0.2, 0.25) is 0 Å². The molecule has 1 aromatic carbocycles. The summed E-state index contributed by atoms with van der Waals surface area (Å²) in [6, 6.07) is 8.18. The van der Waals surface area contributed by atoms with Gasteiger partial charge in [0, 0.05) is 45.8 Å². The number of likely N-dealkylation sites (N-methyl/N-ethyl adjacent to an activating group) is 1. The van der Waals surface area contributed by atoms with Crippen LogP contribution < -0.4 is 10.6 Å². The van der Waals surface area contributed by atoms with Crippen molar-refractivity contribution in [1.29, 1.82) is 0 Å². The van der Waals surface area contributed by atoms with Crippen molar-refractivity contribution >= 4 is 43.1 Å². The fourth-order valence-corrected chi connectivity index (χ4v) is 3.43. The molecule has 9 heteroatoms. The fraction of sp³-hybridized carbons (Fsp3) is 0.632. The molecule has 2 aliphatic heterocycles. The number of nitrogens with one attached hydrogen (secondary N) is 2. The molecule has 1 aromatic rings. The van der Waals surface area contributed by atoms with Gasteiger partial charge in [0.2, 0.25) is 5.91 Å². The lowest BCUT2D eigenvalue weighted by Gasteiger charge is -2.34. The number of hydrogen-bond acceptors (Lipinski definition) is 5. The van der Waals surface area contributed by atoms with Crippen molar-refractivity contribution < 1.29 is 9.53 Å². The Balaban J connectivity index is 0.00000243. The molecule has 1 unspecified atom stereocenters. The van der Waals surface area contributed by atoms with Gasteiger partial charge >= 0.3 is 0 Å². The van der Waals surface area contributed by atoms with Crippen LogP contribution in [0.3, 0.4) is 0 Å². The Labute approximate surface area is 187 Å². The number of carbonyl (C=O) groups excluding carboxylic acids is 1. The molecule has 6 nitrogen and oxygen atoms in total. The third kappa shape index (κ3) is 8.03. The third-order valence-corrected chi connectivity index (χ3v) is 5.12. The van der Waals surface area contributed by atoms with Crippen molar-refractivity contribution in [2.75, 3.05) is 52.5 Å². The minimum Gasteiger partial charge on any atom is -0.378 e. The minimum atomic E-state index is -0.233. The number of nitrogens with zero attached hydrogens (tertiary/aromatic N) is 2. The molecule has 0 aromatic heterocycles. The van der Waals surface area contributed by atoms with Crippen molar-refractivity contribution in [2.24, 2.45) is 0 Å². The summed E-state index contributed by atoms with van der Waals surface area (Å²) in [5.74, 6) is 0.0195. The molecule has 28 heavy (non-hydrogen) atoms. The van der Waals surface area contributed by atoms with Gasteiger partial charge in [-0.25, -0.2) is 0 Å². The second kappa shape index (κ2) is 14.4. The predicted molar refractivity (Wildman–Crippen MR) is 120 cm³/mol. The molecule has 0 spiro atoms. The van der Waals surface area contributed by atoms with E-state index in [-0.39, 0.29) is 49.2 Å². The molecule has 0 aliphatic carbocycles. The van der Waals surface area contributed by atoms with Crippen LogP contribution in [0.1, 0.15) is 18.1 Å². The SMILES string of the molecule is CCN1CCN(Cc2ccccc2CNC(=O)C2COCCN2)CC1.Cl.Cl.Cl. The summed E-state index contributed by atoms with van der Waals surface area (Å²) in [5.41, 5.74) is 2.51. The maximum absolute atomic E-state index is 12.3. The monoisotopic (exact) mass is 454 g/mol. The van der Waals surface area contributed by atoms with Crippen molar-refractivity contribution in [3.05, 3.63) is 35.4 Å². The Kier molecular flexibility index (Phi) is 14.1. The molecule has 162 valence electrons. The van der Waals surface area contributed by atoms with Gasteiger partial charge in [-0.05, 0) is 17.7 Å². The molecular weight excluding hydrogens is 423 g/mol. The number of benzene rings is 1. The first-order valence-corrected chi connectivity index (χ1v) is 9.36. The first-order valence-electron chi connectivity index (χ1n) is 9.36. The Bertz CT molecular complexity index is 566. The first kappa shape index (κ1) is 27.4. The molecule has 2 saturated heterocycles. The highest BCUT2D eigenvalue weighted by Gasteiger charge is 2.21. The predicted octanol–water partition coefficient (Wildman–Crippen LogP) is 1.69. The van der Waals surface area contributed by atoms with Crippen LogP contribution in [0, 0.1) is 0 Å². The Morgan fingerprint density at radius 3 is 2.36 bits per heavy atom. The number of hydrogen-bond donors (Lipinski definition) is 2. The minimum absolute atomic E-state index is 0. The Morgan fingerprint density at radius 2 is 1.75 bits per heavy atom.